The molecule has 0 saturated carbocycles. The number of halogens is 2. The van der Waals surface area contributed by atoms with Gasteiger partial charge in [-0.25, -0.2) is 0 Å². The Hall–Kier alpha value is -1.64. The zero-order chi connectivity index (χ0) is 16.0. The second kappa shape index (κ2) is 5.77. The molecular formula is C19H17Cl2NO. The highest BCUT2D eigenvalue weighted by molar-refractivity contribution is 6.43. The van der Waals surface area contributed by atoms with Gasteiger partial charge in [-0.1, -0.05) is 59.6 Å². The number of para-hydroxylation sites is 1. The Morgan fingerprint density at radius 2 is 1.91 bits per heavy atom. The van der Waals surface area contributed by atoms with Gasteiger partial charge in [-0.2, -0.15) is 0 Å². The molecule has 2 aromatic carbocycles. The zero-order valence-corrected chi connectivity index (χ0v) is 14.2. The maximum Gasteiger partial charge on any atom is 0.124 e. The molecule has 0 amide bonds. The first-order valence-electron chi connectivity index (χ1n) is 7.74. The number of nitrogens with one attached hydrogen (secondary N) is 1. The van der Waals surface area contributed by atoms with E-state index in [0.717, 1.165) is 23.4 Å². The van der Waals surface area contributed by atoms with Crippen molar-refractivity contribution in [3.63, 3.8) is 0 Å². The summed E-state index contributed by atoms with van der Waals surface area (Å²) in [6.45, 7) is 0. The standard InChI is InChI=1S/C19H17Cl2NO/c1-23-16-8-3-2-5-14(16)18-12-7-4-6-11(12)13-9-10-15(20)17(21)19(13)22-18/h2-6,8-12,18,22H,7H2,1H3/t11-,12+,18-/m1/s1. The number of ether oxygens (including phenoxy) is 1. The number of rotatable bonds is 2. The number of fused-ring (bicyclic) bond motifs is 3. The summed E-state index contributed by atoms with van der Waals surface area (Å²) in [7, 11) is 1.71. The van der Waals surface area contributed by atoms with Crippen LogP contribution < -0.4 is 10.1 Å². The summed E-state index contributed by atoms with van der Waals surface area (Å²) < 4.78 is 5.57. The van der Waals surface area contributed by atoms with Gasteiger partial charge in [-0.05, 0) is 30.0 Å². The zero-order valence-electron chi connectivity index (χ0n) is 12.7. The molecule has 4 heteroatoms. The predicted octanol–water partition coefficient (Wildman–Crippen LogP) is 5.83. The Kier molecular flexibility index (Phi) is 3.74. The third kappa shape index (κ3) is 2.32. The van der Waals surface area contributed by atoms with Crippen molar-refractivity contribution in [3.8, 4) is 5.75 Å². The van der Waals surface area contributed by atoms with Crippen molar-refractivity contribution in [1.29, 1.82) is 0 Å². The number of hydrogen-bond acceptors (Lipinski definition) is 2. The molecule has 1 aliphatic heterocycles. The van der Waals surface area contributed by atoms with E-state index in [4.69, 9.17) is 27.9 Å². The van der Waals surface area contributed by atoms with Crippen LogP contribution in [0.1, 0.15) is 29.5 Å². The van der Waals surface area contributed by atoms with Crippen molar-refractivity contribution in [1.82, 2.24) is 0 Å². The molecule has 1 aliphatic carbocycles. The molecule has 0 aromatic heterocycles. The van der Waals surface area contributed by atoms with Crippen LogP contribution in [0.4, 0.5) is 5.69 Å². The van der Waals surface area contributed by atoms with E-state index in [-0.39, 0.29) is 6.04 Å². The normalized spacial score (nSPS) is 24.7. The highest BCUT2D eigenvalue weighted by Crippen LogP contribution is 2.53. The topological polar surface area (TPSA) is 21.3 Å². The second-order valence-electron chi connectivity index (χ2n) is 6.04. The van der Waals surface area contributed by atoms with Crippen LogP contribution in [0.3, 0.4) is 0 Å². The number of hydrogen-bond donors (Lipinski definition) is 1. The number of anilines is 1. The number of benzene rings is 2. The molecule has 2 aliphatic rings. The highest BCUT2D eigenvalue weighted by atomic mass is 35.5. The molecule has 4 rings (SSSR count). The van der Waals surface area contributed by atoms with E-state index in [0.29, 0.717) is 21.9 Å². The van der Waals surface area contributed by atoms with Gasteiger partial charge in [0.2, 0.25) is 0 Å². The van der Waals surface area contributed by atoms with Crippen molar-refractivity contribution < 1.29 is 4.74 Å². The van der Waals surface area contributed by atoms with Gasteiger partial charge in [-0.15, -0.1) is 0 Å². The number of methoxy groups -OCH3 is 1. The molecule has 0 saturated heterocycles. The third-order valence-electron chi connectivity index (χ3n) is 4.90. The summed E-state index contributed by atoms with van der Waals surface area (Å²) in [5.41, 5.74) is 3.34. The molecule has 0 spiro atoms. The van der Waals surface area contributed by atoms with Crippen LogP contribution in [-0.2, 0) is 0 Å². The molecule has 0 unspecified atom stereocenters. The van der Waals surface area contributed by atoms with E-state index < -0.39 is 0 Å². The third-order valence-corrected chi connectivity index (χ3v) is 5.71. The SMILES string of the molecule is COc1ccccc1[C@@H]1Nc2c(ccc(Cl)c2Cl)[C@@H]2C=CC[C@@H]21. The summed E-state index contributed by atoms with van der Waals surface area (Å²) in [4.78, 5) is 0. The fraction of sp³-hybridized carbons (Fsp3) is 0.263. The first-order valence-corrected chi connectivity index (χ1v) is 8.50. The molecule has 23 heavy (non-hydrogen) atoms. The van der Waals surface area contributed by atoms with Gasteiger partial charge in [0.25, 0.3) is 0 Å². The molecule has 2 nitrogen and oxygen atoms in total. The minimum absolute atomic E-state index is 0.148. The fourth-order valence-electron chi connectivity index (χ4n) is 3.83. The van der Waals surface area contributed by atoms with Crippen LogP contribution in [-0.4, -0.2) is 7.11 Å². The molecule has 0 fully saturated rings. The molecule has 0 bridgehead atoms. The van der Waals surface area contributed by atoms with Gasteiger partial charge in [0.1, 0.15) is 5.75 Å². The maximum absolute atomic E-state index is 6.48. The van der Waals surface area contributed by atoms with Crippen molar-refractivity contribution in [2.24, 2.45) is 5.92 Å². The van der Waals surface area contributed by atoms with Crippen LogP contribution in [0.25, 0.3) is 0 Å². The smallest absolute Gasteiger partial charge is 0.124 e. The summed E-state index contributed by atoms with van der Waals surface area (Å²) in [5.74, 6) is 1.71. The van der Waals surface area contributed by atoms with Gasteiger partial charge in [0, 0.05) is 11.5 Å². The first-order chi connectivity index (χ1) is 11.2. The lowest BCUT2D eigenvalue weighted by Gasteiger charge is -2.38. The Bertz CT molecular complexity index is 787. The van der Waals surface area contributed by atoms with Crippen LogP contribution in [0, 0.1) is 5.92 Å². The van der Waals surface area contributed by atoms with E-state index in [1.165, 1.54) is 5.56 Å². The average molecular weight is 346 g/mol. The quantitative estimate of drug-likeness (QED) is 0.691. The van der Waals surface area contributed by atoms with Crippen LogP contribution in [0.5, 0.6) is 5.75 Å². The van der Waals surface area contributed by atoms with Crippen molar-refractivity contribution in [3.05, 3.63) is 69.7 Å². The van der Waals surface area contributed by atoms with Gasteiger partial charge in [0.05, 0.1) is 28.9 Å². The van der Waals surface area contributed by atoms with Crippen LogP contribution in [0.2, 0.25) is 10.0 Å². The van der Waals surface area contributed by atoms with Crippen molar-refractivity contribution >= 4 is 28.9 Å². The Balaban J connectivity index is 1.85. The molecule has 118 valence electrons. The minimum atomic E-state index is 0.148. The molecule has 3 atom stereocenters. The molecule has 2 aromatic rings. The van der Waals surface area contributed by atoms with Crippen molar-refractivity contribution in [2.75, 3.05) is 12.4 Å². The average Bonchev–Trinajstić information content (AvgIpc) is 3.07. The molecule has 1 N–H and O–H groups in total. The van der Waals surface area contributed by atoms with E-state index in [1.807, 2.05) is 24.3 Å². The Morgan fingerprint density at radius 3 is 2.74 bits per heavy atom. The predicted molar refractivity (Wildman–Crippen MR) is 95.8 cm³/mol. The lowest BCUT2D eigenvalue weighted by Crippen LogP contribution is -2.29. The van der Waals surface area contributed by atoms with E-state index in [9.17, 15) is 0 Å². The van der Waals surface area contributed by atoms with E-state index in [2.05, 4.69) is 29.6 Å². The van der Waals surface area contributed by atoms with Gasteiger partial charge >= 0.3 is 0 Å². The van der Waals surface area contributed by atoms with Gasteiger partial charge in [0.15, 0.2) is 0 Å². The minimum Gasteiger partial charge on any atom is -0.496 e. The maximum atomic E-state index is 6.48. The van der Waals surface area contributed by atoms with Crippen molar-refractivity contribution in [2.45, 2.75) is 18.4 Å². The fourth-order valence-corrected chi connectivity index (χ4v) is 4.22. The summed E-state index contributed by atoms with van der Waals surface area (Å²) in [6, 6.07) is 12.3. The monoisotopic (exact) mass is 345 g/mol. The van der Waals surface area contributed by atoms with Crippen LogP contribution in [0.15, 0.2) is 48.6 Å². The van der Waals surface area contributed by atoms with E-state index >= 15 is 0 Å². The Labute approximate surface area is 146 Å². The molecule has 1 heterocycles. The summed E-state index contributed by atoms with van der Waals surface area (Å²) in [5, 5.41) is 4.81. The Morgan fingerprint density at radius 1 is 1.09 bits per heavy atom. The summed E-state index contributed by atoms with van der Waals surface area (Å²) in [6.07, 6.45) is 5.59. The lowest BCUT2D eigenvalue weighted by atomic mass is 9.77. The first kappa shape index (κ1) is 14.9. The second-order valence-corrected chi connectivity index (χ2v) is 6.83. The molecular weight excluding hydrogens is 329 g/mol. The van der Waals surface area contributed by atoms with Crippen LogP contribution >= 0.6 is 23.2 Å². The number of allylic oxidation sites excluding steroid dienone is 2. The lowest BCUT2D eigenvalue weighted by molar-refractivity contribution is 0.381. The van der Waals surface area contributed by atoms with Gasteiger partial charge < -0.3 is 10.1 Å². The van der Waals surface area contributed by atoms with Gasteiger partial charge in [-0.3, -0.25) is 0 Å². The highest BCUT2D eigenvalue weighted by Gasteiger charge is 2.39. The molecule has 0 radical (unpaired) electrons. The largest absolute Gasteiger partial charge is 0.496 e. The van der Waals surface area contributed by atoms with E-state index in [1.54, 1.807) is 7.11 Å². The summed E-state index contributed by atoms with van der Waals surface area (Å²) >= 11 is 12.7.